The van der Waals surface area contributed by atoms with Crippen LogP contribution in [0.3, 0.4) is 0 Å². The highest BCUT2D eigenvalue weighted by Gasteiger charge is 2.37. The summed E-state index contributed by atoms with van der Waals surface area (Å²) in [6.07, 6.45) is 1.69. The molecule has 0 aliphatic heterocycles. The van der Waals surface area contributed by atoms with Crippen molar-refractivity contribution >= 4 is 23.4 Å². The van der Waals surface area contributed by atoms with Gasteiger partial charge >= 0.3 is 5.97 Å². The van der Waals surface area contributed by atoms with Gasteiger partial charge < -0.3 is 15.6 Å². The topological polar surface area (TPSA) is 72.5 Å². The van der Waals surface area contributed by atoms with Crippen LogP contribution in [0.25, 0.3) is 0 Å². The monoisotopic (exact) mass is 267 g/mol. The predicted molar refractivity (Wildman–Crippen MR) is 72.0 cm³/mol. The Morgan fingerprint density at radius 3 is 2.89 bits per heavy atom. The number of nitrogens with two attached hydrogens (primary N) is 1. The van der Waals surface area contributed by atoms with Crippen molar-refractivity contribution in [2.45, 2.75) is 29.9 Å². The van der Waals surface area contributed by atoms with Crippen molar-refractivity contribution in [1.82, 2.24) is 0 Å². The van der Waals surface area contributed by atoms with E-state index in [0.717, 1.165) is 23.5 Å². The summed E-state index contributed by atoms with van der Waals surface area (Å²) in [4.78, 5) is 11.9. The van der Waals surface area contributed by atoms with Gasteiger partial charge in [0.25, 0.3) is 0 Å². The molecule has 0 heterocycles. The summed E-state index contributed by atoms with van der Waals surface area (Å²) in [5.41, 5.74) is 6.59. The Labute approximate surface area is 111 Å². The first-order valence-corrected chi connectivity index (χ1v) is 6.91. The van der Waals surface area contributed by atoms with Crippen molar-refractivity contribution in [1.29, 1.82) is 0 Å². The Morgan fingerprint density at radius 2 is 2.33 bits per heavy atom. The second-order valence-corrected chi connectivity index (χ2v) is 5.59. The van der Waals surface area contributed by atoms with Crippen LogP contribution in [0.15, 0.2) is 23.1 Å². The second kappa shape index (κ2) is 5.52. The summed E-state index contributed by atoms with van der Waals surface area (Å²) in [7, 11) is 0. The fraction of sp³-hybridized carbons (Fsp3) is 0.462. The van der Waals surface area contributed by atoms with E-state index in [4.69, 9.17) is 15.6 Å². The van der Waals surface area contributed by atoms with E-state index in [-0.39, 0.29) is 11.2 Å². The molecule has 4 nitrogen and oxygen atoms in total. The molecule has 0 bridgehead atoms. The molecule has 0 radical (unpaired) electrons. The maximum Gasteiger partial charge on any atom is 0.307 e. The molecule has 1 aliphatic carbocycles. The molecular weight excluding hydrogens is 250 g/mol. The van der Waals surface area contributed by atoms with Gasteiger partial charge in [0.05, 0.1) is 12.5 Å². The van der Waals surface area contributed by atoms with Crippen LogP contribution in [0.1, 0.15) is 19.8 Å². The molecule has 1 aromatic rings. The summed E-state index contributed by atoms with van der Waals surface area (Å²) in [5, 5.41) is 9.15. The molecule has 98 valence electrons. The zero-order chi connectivity index (χ0) is 13.1. The lowest BCUT2D eigenvalue weighted by molar-refractivity contribution is -0.144. The standard InChI is InChI=1S/C13H17NO3S/c1-2-17-8-3-5-10(14)12(7-8)18-11-6-4-9(11)13(15)16/h3,5,7,9,11H,2,4,6,14H2,1H3,(H,15,16). The number of thioether (sulfide) groups is 1. The Kier molecular flexibility index (Phi) is 4.01. The third-order valence-corrected chi connectivity index (χ3v) is 4.58. The third kappa shape index (κ3) is 2.72. The van der Waals surface area contributed by atoms with E-state index in [1.165, 1.54) is 0 Å². The first-order valence-electron chi connectivity index (χ1n) is 6.03. The molecular formula is C13H17NO3S. The minimum absolute atomic E-state index is 0.127. The molecule has 0 amide bonds. The minimum atomic E-state index is -0.710. The summed E-state index contributed by atoms with van der Waals surface area (Å²) in [5.74, 6) is -0.177. The quantitative estimate of drug-likeness (QED) is 0.802. The van der Waals surface area contributed by atoms with E-state index in [1.807, 2.05) is 25.1 Å². The maximum atomic E-state index is 11.0. The van der Waals surface area contributed by atoms with Crippen molar-refractivity contribution in [3.05, 3.63) is 18.2 Å². The van der Waals surface area contributed by atoms with Gasteiger partial charge in [0.1, 0.15) is 5.75 Å². The van der Waals surface area contributed by atoms with Crippen molar-refractivity contribution in [3.63, 3.8) is 0 Å². The number of hydrogen-bond acceptors (Lipinski definition) is 4. The number of anilines is 1. The number of hydrogen-bond donors (Lipinski definition) is 2. The number of ether oxygens (including phenoxy) is 1. The zero-order valence-corrected chi connectivity index (χ0v) is 11.1. The van der Waals surface area contributed by atoms with Crippen LogP contribution in [0.5, 0.6) is 5.75 Å². The summed E-state index contributed by atoms with van der Waals surface area (Å²) < 4.78 is 5.42. The molecule has 0 aromatic heterocycles. The molecule has 1 aliphatic rings. The Balaban J connectivity index is 2.08. The Bertz CT molecular complexity index is 450. The molecule has 2 rings (SSSR count). The molecule has 1 saturated carbocycles. The van der Waals surface area contributed by atoms with E-state index in [0.29, 0.717) is 12.3 Å². The number of carboxylic acid groups (broad SMARTS) is 1. The van der Waals surface area contributed by atoms with Crippen LogP contribution in [-0.4, -0.2) is 22.9 Å². The van der Waals surface area contributed by atoms with Crippen LogP contribution >= 0.6 is 11.8 Å². The van der Waals surface area contributed by atoms with Crippen molar-refractivity contribution in [3.8, 4) is 5.75 Å². The molecule has 2 unspecified atom stereocenters. The summed E-state index contributed by atoms with van der Waals surface area (Å²) >= 11 is 1.55. The molecule has 1 aromatic carbocycles. The maximum absolute atomic E-state index is 11.0. The molecule has 3 N–H and O–H groups in total. The Morgan fingerprint density at radius 1 is 1.56 bits per heavy atom. The smallest absolute Gasteiger partial charge is 0.307 e. The van der Waals surface area contributed by atoms with Crippen molar-refractivity contribution < 1.29 is 14.6 Å². The van der Waals surface area contributed by atoms with Crippen LogP contribution in [0.2, 0.25) is 0 Å². The van der Waals surface area contributed by atoms with E-state index in [1.54, 1.807) is 11.8 Å². The SMILES string of the molecule is CCOc1ccc(N)c(SC2CCC2C(=O)O)c1. The van der Waals surface area contributed by atoms with Gasteiger partial charge in [-0.2, -0.15) is 0 Å². The molecule has 2 atom stereocenters. The lowest BCUT2D eigenvalue weighted by atomic mass is 9.85. The van der Waals surface area contributed by atoms with Gasteiger partial charge in [-0.1, -0.05) is 0 Å². The van der Waals surface area contributed by atoms with Gasteiger partial charge in [-0.15, -0.1) is 11.8 Å². The number of carboxylic acids is 1. The molecule has 0 spiro atoms. The van der Waals surface area contributed by atoms with Gasteiger partial charge in [-0.05, 0) is 38.0 Å². The molecule has 5 heteroatoms. The number of carbonyl (C=O) groups is 1. The average molecular weight is 267 g/mol. The van der Waals surface area contributed by atoms with Gasteiger partial charge in [-0.25, -0.2) is 0 Å². The lowest BCUT2D eigenvalue weighted by Crippen LogP contribution is -2.35. The predicted octanol–water partition coefficient (Wildman–Crippen LogP) is 2.62. The second-order valence-electron chi connectivity index (χ2n) is 4.31. The summed E-state index contributed by atoms with van der Waals surface area (Å²) in [6.45, 7) is 2.53. The van der Waals surface area contributed by atoms with E-state index in [2.05, 4.69) is 0 Å². The molecule has 0 saturated heterocycles. The highest BCUT2D eigenvalue weighted by molar-refractivity contribution is 8.00. The Hall–Kier alpha value is -1.36. The van der Waals surface area contributed by atoms with Gasteiger partial charge in [0.15, 0.2) is 0 Å². The summed E-state index contributed by atoms with van der Waals surface area (Å²) in [6, 6.07) is 5.53. The van der Waals surface area contributed by atoms with Gasteiger partial charge in [0, 0.05) is 15.8 Å². The highest BCUT2D eigenvalue weighted by atomic mass is 32.2. The first kappa shape index (κ1) is 13.1. The van der Waals surface area contributed by atoms with Crippen LogP contribution in [-0.2, 0) is 4.79 Å². The fourth-order valence-electron chi connectivity index (χ4n) is 1.93. The highest BCUT2D eigenvalue weighted by Crippen LogP contribution is 2.43. The average Bonchev–Trinajstić information content (AvgIpc) is 2.27. The van der Waals surface area contributed by atoms with Gasteiger partial charge in [0.2, 0.25) is 0 Å². The first-order chi connectivity index (χ1) is 8.61. The largest absolute Gasteiger partial charge is 0.494 e. The van der Waals surface area contributed by atoms with Crippen LogP contribution in [0, 0.1) is 5.92 Å². The third-order valence-electron chi connectivity index (χ3n) is 3.10. The normalized spacial score (nSPS) is 22.3. The lowest BCUT2D eigenvalue weighted by Gasteiger charge is -2.32. The van der Waals surface area contributed by atoms with E-state index >= 15 is 0 Å². The van der Waals surface area contributed by atoms with Crippen molar-refractivity contribution in [2.75, 3.05) is 12.3 Å². The van der Waals surface area contributed by atoms with E-state index < -0.39 is 5.97 Å². The number of rotatable bonds is 5. The van der Waals surface area contributed by atoms with E-state index in [9.17, 15) is 4.79 Å². The van der Waals surface area contributed by atoms with Crippen molar-refractivity contribution in [2.24, 2.45) is 5.92 Å². The zero-order valence-electron chi connectivity index (χ0n) is 10.3. The van der Waals surface area contributed by atoms with Crippen LogP contribution < -0.4 is 10.5 Å². The van der Waals surface area contributed by atoms with Gasteiger partial charge in [-0.3, -0.25) is 4.79 Å². The fourth-order valence-corrected chi connectivity index (χ4v) is 3.31. The van der Waals surface area contributed by atoms with Crippen LogP contribution in [0.4, 0.5) is 5.69 Å². The number of nitrogen functional groups attached to an aromatic ring is 1. The minimum Gasteiger partial charge on any atom is -0.494 e. The number of benzene rings is 1. The number of aliphatic carboxylic acids is 1. The molecule has 1 fully saturated rings. The molecule has 18 heavy (non-hydrogen) atoms.